The van der Waals surface area contributed by atoms with Crippen LogP contribution >= 0.6 is 0 Å². The summed E-state index contributed by atoms with van der Waals surface area (Å²) in [4.78, 5) is 0. The molecule has 0 saturated carbocycles. The Morgan fingerprint density at radius 2 is 1.76 bits per heavy atom. The van der Waals surface area contributed by atoms with Gasteiger partial charge in [-0.15, -0.1) is 0 Å². The SMILES string of the molecule is COc1ccc(-c2ccc(F)cc2)cc1CN[C@H]1CCCNC1c1ccccc1. The first-order chi connectivity index (χ1) is 14.2. The third kappa shape index (κ3) is 4.66. The van der Waals surface area contributed by atoms with Crippen molar-refractivity contribution in [3.05, 3.63) is 89.7 Å². The lowest BCUT2D eigenvalue weighted by atomic mass is 9.92. The van der Waals surface area contributed by atoms with Gasteiger partial charge in [0.1, 0.15) is 11.6 Å². The third-order valence-corrected chi connectivity index (χ3v) is 5.63. The minimum absolute atomic E-state index is 0.221. The first kappa shape index (κ1) is 19.6. The van der Waals surface area contributed by atoms with E-state index in [0.717, 1.165) is 41.8 Å². The number of rotatable bonds is 6. The second-order valence-electron chi connectivity index (χ2n) is 7.51. The number of ether oxygens (including phenoxy) is 1. The highest BCUT2D eigenvalue weighted by Crippen LogP contribution is 2.28. The van der Waals surface area contributed by atoms with Gasteiger partial charge in [-0.2, -0.15) is 0 Å². The maximum absolute atomic E-state index is 13.3. The van der Waals surface area contributed by atoms with Crippen LogP contribution in [0.2, 0.25) is 0 Å². The molecule has 3 nitrogen and oxygen atoms in total. The fourth-order valence-electron chi connectivity index (χ4n) is 4.10. The molecule has 29 heavy (non-hydrogen) atoms. The highest BCUT2D eigenvalue weighted by atomic mass is 19.1. The number of benzene rings is 3. The molecule has 1 fully saturated rings. The van der Waals surface area contributed by atoms with E-state index < -0.39 is 0 Å². The Bertz CT molecular complexity index is 927. The molecule has 1 aliphatic rings. The first-order valence-corrected chi connectivity index (χ1v) is 10.2. The Balaban J connectivity index is 1.53. The highest BCUT2D eigenvalue weighted by Gasteiger charge is 2.25. The van der Waals surface area contributed by atoms with Crippen LogP contribution in [0.1, 0.15) is 30.0 Å². The van der Waals surface area contributed by atoms with Crippen LogP contribution in [0.4, 0.5) is 4.39 Å². The van der Waals surface area contributed by atoms with E-state index >= 15 is 0 Å². The summed E-state index contributed by atoms with van der Waals surface area (Å²) in [5.41, 5.74) is 4.48. The number of halogens is 1. The van der Waals surface area contributed by atoms with Gasteiger partial charge in [0, 0.05) is 24.2 Å². The quantitative estimate of drug-likeness (QED) is 0.615. The lowest BCUT2D eigenvalue weighted by Crippen LogP contribution is -2.45. The molecule has 1 saturated heterocycles. The van der Waals surface area contributed by atoms with Gasteiger partial charge in [0.2, 0.25) is 0 Å². The summed E-state index contributed by atoms with van der Waals surface area (Å²) in [6, 6.07) is 24.0. The van der Waals surface area contributed by atoms with E-state index in [0.29, 0.717) is 18.6 Å². The number of hydrogen-bond donors (Lipinski definition) is 2. The zero-order valence-electron chi connectivity index (χ0n) is 16.7. The molecule has 0 aromatic heterocycles. The zero-order chi connectivity index (χ0) is 20.1. The van der Waals surface area contributed by atoms with Crippen molar-refractivity contribution in [3.8, 4) is 16.9 Å². The van der Waals surface area contributed by atoms with Crippen molar-refractivity contribution in [3.63, 3.8) is 0 Å². The second kappa shape index (κ2) is 9.21. The van der Waals surface area contributed by atoms with Crippen molar-refractivity contribution in [2.24, 2.45) is 0 Å². The van der Waals surface area contributed by atoms with Gasteiger partial charge in [-0.05, 0) is 60.3 Å². The predicted molar refractivity (Wildman–Crippen MR) is 115 cm³/mol. The molecule has 4 rings (SSSR count). The highest BCUT2D eigenvalue weighted by molar-refractivity contribution is 5.65. The topological polar surface area (TPSA) is 33.3 Å². The molecular formula is C25H27FN2O. The van der Waals surface area contributed by atoms with Gasteiger partial charge in [0.25, 0.3) is 0 Å². The largest absolute Gasteiger partial charge is 0.496 e. The minimum Gasteiger partial charge on any atom is -0.496 e. The minimum atomic E-state index is -0.221. The van der Waals surface area contributed by atoms with Crippen LogP contribution in [-0.2, 0) is 6.54 Å². The van der Waals surface area contributed by atoms with Gasteiger partial charge >= 0.3 is 0 Å². The molecule has 150 valence electrons. The second-order valence-corrected chi connectivity index (χ2v) is 7.51. The normalized spacial score (nSPS) is 19.1. The van der Waals surface area contributed by atoms with Crippen molar-refractivity contribution in [2.75, 3.05) is 13.7 Å². The Morgan fingerprint density at radius 3 is 2.52 bits per heavy atom. The summed E-state index contributed by atoms with van der Waals surface area (Å²) in [5, 5.41) is 7.41. The van der Waals surface area contributed by atoms with Crippen molar-refractivity contribution in [2.45, 2.75) is 31.5 Å². The molecule has 0 radical (unpaired) electrons. The van der Waals surface area contributed by atoms with Crippen LogP contribution in [0.15, 0.2) is 72.8 Å². The zero-order valence-corrected chi connectivity index (χ0v) is 16.7. The van der Waals surface area contributed by atoms with Crippen LogP contribution in [0.25, 0.3) is 11.1 Å². The summed E-state index contributed by atoms with van der Waals surface area (Å²) < 4.78 is 18.9. The molecule has 0 spiro atoms. The van der Waals surface area contributed by atoms with Gasteiger partial charge in [-0.25, -0.2) is 4.39 Å². The fraction of sp³-hybridized carbons (Fsp3) is 0.280. The smallest absolute Gasteiger partial charge is 0.123 e. The van der Waals surface area contributed by atoms with Gasteiger partial charge in [0.05, 0.1) is 7.11 Å². The van der Waals surface area contributed by atoms with E-state index in [1.165, 1.54) is 17.7 Å². The fourth-order valence-corrected chi connectivity index (χ4v) is 4.10. The van der Waals surface area contributed by atoms with Crippen LogP contribution in [0, 0.1) is 5.82 Å². The molecule has 1 unspecified atom stereocenters. The molecule has 3 aromatic rings. The van der Waals surface area contributed by atoms with Gasteiger partial charge < -0.3 is 15.4 Å². The van der Waals surface area contributed by atoms with Crippen LogP contribution in [0.5, 0.6) is 5.75 Å². The number of hydrogen-bond acceptors (Lipinski definition) is 3. The molecule has 0 amide bonds. The maximum Gasteiger partial charge on any atom is 0.123 e. The number of methoxy groups -OCH3 is 1. The van der Waals surface area contributed by atoms with E-state index in [-0.39, 0.29) is 5.82 Å². The molecule has 1 aliphatic heterocycles. The summed E-state index contributed by atoms with van der Waals surface area (Å²) in [7, 11) is 1.70. The molecule has 2 atom stereocenters. The average Bonchev–Trinajstić information content (AvgIpc) is 2.79. The first-order valence-electron chi connectivity index (χ1n) is 10.2. The summed E-state index contributed by atoms with van der Waals surface area (Å²) >= 11 is 0. The summed E-state index contributed by atoms with van der Waals surface area (Å²) in [6.07, 6.45) is 2.29. The molecule has 3 aromatic carbocycles. The Kier molecular flexibility index (Phi) is 6.23. The van der Waals surface area contributed by atoms with Crippen molar-refractivity contribution in [1.29, 1.82) is 0 Å². The average molecular weight is 391 g/mol. The van der Waals surface area contributed by atoms with Crippen molar-refractivity contribution in [1.82, 2.24) is 10.6 Å². The Hall–Kier alpha value is -2.69. The van der Waals surface area contributed by atoms with E-state index in [2.05, 4.69) is 47.0 Å². The van der Waals surface area contributed by atoms with E-state index in [1.807, 2.05) is 24.3 Å². The molecule has 2 N–H and O–H groups in total. The summed E-state index contributed by atoms with van der Waals surface area (Å²) in [5.74, 6) is 0.643. The van der Waals surface area contributed by atoms with Crippen LogP contribution in [-0.4, -0.2) is 19.7 Å². The number of nitrogens with one attached hydrogen (secondary N) is 2. The van der Waals surface area contributed by atoms with Gasteiger partial charge in [0.15, 0.2) is 0 Å². The molecule has 0 aliphatic carbocycles. The Morgan fingerprint density at radius 1 is 1.00 bits per heavy atom. The van der Waals surface area contributed by atoms with Crippen molar-refractivity contribution >= 4 is 0 Å². The molecule has 0 bridgehead atoms. The molecule has 4 heteroatoms. The molecule has 1 heterocycles. The van der Waals surface area contributed by atoms with Gasteiger partial charge in [-0.3, -0.25) is 0 Å². The van der Waals surface area contributed by atoms with Gasteiger partial charge in [-0.1, -0.05) is 48.5 Å². The van der Waals surface area contributed by atoms with E-state index in [4.69, 9.17) is 4.74 Å². The summed E-state index contributed by atoms with van der Waals surface area (Å²) in [6.45, 7) is 1.76. The van der Waals surface area contributed by atoms with E-state index in [1.54, 1.807) is 7.11 Å². The van der Waals surface area contributed by atoms with E-state index in [9.17, 15) is 4.39 Å². The monoisotopic (exact) mass is 390 g/mol. The van der Waals surface area contributed by atoms with Crippen LogP contribution in [0.3, 0.4) is 0 Å². The lowest BCUT2D eigenvalue weighted by molar-refractivity contribution is 0.303. The molecular weight excluding hydrogens is 363 g/mol. The maximum atomic E-state index is 13.3. The third-order valence-electron chi connectivity index (χ3n) is 5.63. The Labute approximate surface area is 171 Å². The lowest BCUT2D eigenvalue weighted by Gasteiger charge is -2.34. The number of piperidine rings is 1. The van der Waals surface area contributed by atoms with Crippen molar-refractivity contribution < 1.29 is 9.13 Å². The standard InChI is InChI=1S/C25H27FN2O/c1-29-24-14-11-20(18-9-12-22(26)13-10-18)16-21(24)17-28-23-8-5-15-27-25(23)19-6-3-2-4-7-19/h2-4,6-7,9-14,16,23,25,27-28H,5,8,15,17H2,1H3/t23-,25?/m0/s1. The predicted octanol–water partition coefficient (Wildman–Crippen LogP) is 5.08. The van der Waals surface area contributed by atoms with Crippen LogP contribution < -0.4 is 15.4 Å².